The van der Waals surface area contributed by atoms with Crippen molar-refractivity contribution in [3.63, 3.8) is 0 Å². The van der Waals surface area contributed by atoms with E-state index in [9.17, 15) is 14.4 Å². The van der Waals surface area contributed by atoms with Crippen molar-refractivity contribution in [2.45, 2.75) is 65.3 Å². The van der Waals surface area contributed by atoms with Crippen molar-refractivity contribution in [3.8, 4) is 5.75 Å². The van der Waals surface area contributed by atoms with Gasteiger partial charge >= 0.3 is 12.1 Å². The molecular weight excluding hydrogens is 460 g/mol. The van der Waals surface area contributed by atoms with Gasteiger partial charge in [-0.15, -0.1) is 0 Å². The van der Waals surface area contributed by atoms with E-state index in [-0.39, 0.29) is 25.0 Å². The van der Waals surface area contributed by atoms with Crippen LogP contribution < -0.4 is 21.6 Å². The SMILES string of the molecule is CC1CCC(CN2C(=O)N(CCC(N)=O)C(=O)N(N)C2Nc2ccc(OC(C)C)c(Cl)c2)CC1. The fourth-order valence-electron chi connectivity index (χ4n) is 4.35. The van der Waals surface area contributed by atoms with Crippen LogP contribution in [0.3, 0.4) is 0 Å². The minimum absolute atomic E-state index is 0.0375. The maximum atomic E-state index is 13.4. The number of hydrogen-bond acceptors (Lipinski definition) is 6. The van der Waals surface area contributed by atoms with Gasteiger partial charge in [0.1, 0.15) is 5.75 Å². The molecule has 1 aromatic rings. The van der Waals surface area contributed by atoms with Crippen LogP contribution in [0.4, 0.5) is 15.3 Å². The highest BCUT2D eigenvalue weighted by Gasteiger charge is 2.44. The second-order valence-corrected chi connectivity index (χ2v) is 9.86. The maximum absolute atomic E-state index is 13.4. The molecule has 5 N–H and O–H groups in total. The lowest BCUT2D eigenvalue weighted by Gasteiger charge is -2.46. The fourth-order valence-corrected chi connectivity index (χ4v) is 4.58. The van der Waals surface area contributed by atoms with E-state index in [4.69, 9.17) is 27.9 Å². The molecule has 1 heterocycles. The number of halogens is 1. The van der Waals surface area contributed by atoms with Crippen LogP contribution in [0.1, 0.15) is 52.9 Å². The van der Waals surface area contributed by atoms with E-state index in [2.05, 4.69) is 12.2 Å². The zero-order valence-electron chi connectivity index (χ0n) is 20.0. The summed E-state index contributed by atoms with van der Waals surface area (Å²) in [6, 6.07) is 3.94. The van der Waals surface area contributed by atoms with Crippen LogP contribution in [0, 0.1) is 11.8 Å². The number of urea groups is 2. The van der Waals surface area contributed by atoms with E-state index in [1.807, 2.05) is 13.8 Å². The largest absolute Gasteiger partial charge is 0.489 e. The van der Waals surface area contributed by atoms with Gasteiger partial charge in [-0.3, -0.25) is 9.69 Å². The smallest absolute Gasteiger partial charge is 0.345 e. The monoisotopic (exact) mass is 494 g/mol. The Morgan fingerprint density at radius 3 is 2.47 bits per heavy atom. The van der Waals surface area contributed by atoms with Crippen LogP contribution in [-0.4, -0.2) is 58.3 Å². The van der Waals surface area contributed by atoms with Crippen molar-refractivity contribution in [2.75, 3.05) is 18.4 Å². The predicted molar refractivity (Wildman–Crippen MR) is 130 cm³/mol. The first kappa shape index (κ1) is 25.9. The molecule has 188 valence electrons. The van der Waals surface area contributed by atoms with E-state index >= 15 is 0 Å². The summed E-state index contributed by atoms with van der Waals surface area (Å²) >= 11 is 6.38. The molecule has 2 aliphatic rings. The number of nitrogens with one attached hydrogen (secondary N) is 1. The van der Waals surface area contributed by atoms with Crippen LogP contribution >= 0.6 is 11.6 Å². The van der Waals surface area contributed by atoms with Crippen molar-refractivity contribution < 1.29 is 19.1 Å². The van der Waals surface area contributed by atoms with Gasteiger partial charge in [0, 0.05) is 25.2 Å². The molecule has 1 unspecified atom stereocenters. The Hall–Kier alpha value is -2.72. The number of amides is 5. The molecule has 3 rings (SSSR count). The summed E-state index contributed by atoms with van der Waals surface area (Å²) in [5, 5.41) is 4.54. The van der Waals surface area contributed by atoms with Crippen LogP contribution in [-0.2, 0) is 4.79 Å². The maximum Gasteiger partial charge on any atom is 0.345 e. The van der Waals surface area contributed by atoms with Crippen molar-refractivity contribution in [2.24, 2.45) is 23.4 Å². The third-order valence-electron chi connectivity index (χ3n) is 6.25. The molecule has 5 amide bonds. The summed E-state index contributed by atoms with van der Waals surface area (Å²) in [4.78, 5) is 40.1. The number of anilines is 1. The minimum Gasteiger partial charge on any atom is -0.489 e. The van der Waals surface area contributed by atoms with Crippen LogP contribution in [0.25, 0.3) is 0 Å². The van der Waals surface area contributed by atoms with E-state index in [1.165, 1.54) is 0 Å². The number of benzene rings is 1. The topological polar surface area (TPSA) is 134 Å². The van der Waals surface area contributed by atoms with Gasteiger partial charge in [0.25, 0.3) is 0 Å². The highest BCUT2D eigenvalue weighted by Crippen LogP contribution is 2.32. The molecule has 1 aromatic carbocycles. The summed E-state index contributed by atoms with van der Waals surface area (Å²) < 4.78 is 5.68. The molecule has 1 aliphatic heterocycles. The molecule has 1 aliphatic carbocycles. The third-order valence-corrected chi connectivity index (χ3v) is 6.54. The minimum atomic E-state index is -0.919. The van der Waals surface area contributed by atoms with Gasteiger partial charge in [-0.05, 0) is 56.7 Å². The number of primary amides is 1. The lowest BCUT2D eigenvalue weighted by molar-refractivity contribution is -0.118. The van der Waals surface area contributed by atoms with Crippen molar-refractivity contribution in [1.82, 2.24) is 14.8 Å². The van der Waals surface area contributed by atoms with Gasteiger partial charge in [-0.25, -0.2) is 25.3 Å². The summed E-state index contributed by atoms with van der Waals surface area (Å²) in [6.07, 6.45) is 3.07. The van der Waals surface area contributed by atoms with Crippen molar-refractivity contribution in [3.05, 3.63) is 23.2 Å². The first-order valence-corrected chi connectivity index (χ1v) is 12.1. The van der Waals surface area contributed by atoms with Gasteiger partial charge in [-0.1, -0.05) is 31.4 Å². The van der Waals surface area contributed by atoms with E-state index < -0.39 is 24.3 Å². The second-order valence-electron chi connectivity index (χ2n) is 9.45. The standard InChI is InChI=1S/C23H35ClN6O4/c1-14(2)34-19-9-8-17(12-18(19)24)27-21-29(13-16-6-4-15(3)5-7-16)22(32)28(11-10-20(25)31)23(33)30(21)26/h8-9,12,14-16,21,27H,4-7,10-11,13,26H2,1-3H3,(H2,25,31). The van der Waals surface area contributed by atoms with Gasteiger partial charge < -0.3 is 15.8 Å². The molecule has 0 spiro atoms. The van der Waals surface area contributed by atoms with Gasteiger partial charge in [0.15, 0.2) is 6.29 Å². The average molecular weight is 495 g/mol. The van der Waals surface area contributed by atoms with E-state index in [1.54, 1.807) is 23.1 Å². The number of nitrogens with two attached hydrogens (primary N) is 2. The molecule has 34 heavy (non-hydrogen) atoms. The van der Waals surface area contributed by atoms with Crippen molar-refractivity contribution >= 4 is 35.3 Å². The Labute approximate surface area is 205 Å². The quantitative estimate of drug-likeness (QED) is 0.355. The molecule has 11 heteroatoms. The first-order valence-electron chi connectivity index (χ1n) is 11.7. The molecule has 1 saturated heterocycles. The molecule has 1 atom stereocenters. The highest BCUT2D eigenvalue weighted by molar-refractivity contribution is 6.32. The summed E-state index contributed by atoms with van der Waals surface area (Å²) in [6.45, 7) is 6.34. The van der Waals surface area contributed by atoms with Crippen LogP contribution in [0.15, 0.2) is 18.2 Å². The van der Waals surface area contributed by atoms with Crippen LogP contribution in [0.5, 0.6) is 5.75 Å². The number of carbonyl (C=O) groups is 3. The Balaban J connectivity index is 1.84. The van der Waals surface area contributed by atoms with Gasteiger partial charge in [0.05, 0.1) is 11.1 Å². The molecule has 0 bridgehead atoms. The Bertz CT molecular complexity index is 905. The summed E-state index contributed by atoms with van der Waals surface area (Å²) in [5.74, 6) is 7.08. The second kappa shape index (κ2) is 11.1. The Morgan fingerprint density at radius 2 is 1.88 bits per heavy atom. The number of hydrogen-bond donors (Lipinski definition) is 3. The summed E-state index contributed by atoms with van der Waals surface area (Å²) in [5.41, 5.74) is 5.82. The third kappa shape index (κ3) is 6.24. The number of carbonyl (C=O) groups excluding carboxylic acids is 3. The fraction of sp³-hybridized carbons (Fsp3) is 0.609. The normalized spacial score (nSPS) is 23.5. The zero-order chi connectivity index (χ0) is 25.0. The first-order chi connectivity index (χ1) is 16.1. The van der Waals surface area contributed by atoms with Crippen molar-refractivity contribution in [1.29, 1.82) is 0 Å². The lowest BCUT2D eigenvalue weighted by atomic mass is 9.83. The molecular formula is C23H35ClN6O4. The highest BCUT2D eigenvalue weighted by atomic mass is 35.5. The molecule has 1 saturated carbocycles. The van der Waals surface area contributed by atoms with E-state index in [0.29, 0.717) is 28.9 Å². The zero-order valence-corrected chi connectivity index (χ0v) is 20.8. The number of nitrogens with zero attached hydrogens (tertiary/aromatic N) is 3. The lowest BCUT2D eigenvalue weighted by Crippen LogP contribution is -2.71. The van der Waals surface area contributed by atoms with Gasteiger partial charge in [0.2, 0.25) is 5.91 Å². The Kier molecular flexibility index (Phi) is 8.48. The average Bonchev–Trinajstić information content (AvgIpc) is 2.77. The number of imide groups is 1. The van der Waals surface area contributed by atoms with Gasteiger partial charge in [-0.2, -0.15) is 0 Å². The molecule has 0 radical (unpaired) electrons. The number of ether oxygens (including phenoxy) is 1. The predicted octanol–water partition coefficient (Wildman–Crippen LogP) is 3.56. The summed E-state index contributed by atoms with van der Waals surface area (Å²) in [7, 11) is 0. The number of hydrazine groups is 1. The molecule has 2 fully saturated rings. The molecule has 10 nitrogen and oxygen atoms in total. The van der Waals surface area contributed by atoms with Crippen LogP contribution in [0.2, 0.25) is 5.02 Å². The van der Waals surface area contributed by atoms with E-state index in [0.717, 1.165) is 35.6 Å². The molecule has 0 aromatic heterocycles. The number of rotatable bonds is 9. The Morgan fingerprint density at radius 1 is 1.21 bits per heavy atom.